The first-order valence-electron chi connectivity index (χ1n) is 6.95. The fraction of sp³-hybridized carbons (Fsp3) is 0.533. The Hall–Kier alpha value is 0.380. The molecule has 0 N–H and O–H groups in total. The summed E-state index contributed by atoms with van der Waals surface area (Å²) in [6.07, 6.45) is 6.08. The normalized spacial score (nSPS) is 16.1. The van der Waals surface area contributed by atoms with Crippen LogP contribution in [-0.2, 0) is 0 Å². The topological polar surface area (TPSA) is 20.3 Å². The first-order chi connectivity index (χ1) is 9.63. The summed E-state index contributed by atoms with van der Waals surface area (Å²) in [5.41, 5.74) is 0.812. The molecule has 2 nitrogen and oxygen atoms in total. The van der Waals surface area contributed by atoms with Crippen LogP contribution in [0, 0.1) is 3.57 Å². The second-order valence-corrected chi connectivity index (χ2v) is 7.97. The van der Waals surface area contributed by atoms with E-state index in [1.807, 2.05) is 18.2 Å². The molecule has 20 heavy (non-hydrogen) atoms. The molecular weight excluding hydrogens is 497 g/mol. The van der Waals surface area contributed by atoms with Crippen LogP contribution in [0.4, 0.5) is 0 Å². The number of benzene rings is 1. The Kier molecular flexibility index (Phi) is 6.81. The number of carbonyl (C=O) groups excluding carboxylic acids is 1. The molecule has 0 bridgehead atoms. The molecular formula is C15H18Br2INO. The summed E-state index contributed by atoms with van der Waals surface area (Å²) < 4.78 is 1.98. The molecule has 2 rings (SSSR count). The van der Waals surface area contributed by atoms with E-state index in [9.17, 15) is 4.79 Å². The van der Waals surface area contributed by atoms with Crippen LogP contribution in [0.15, 0.2) is 22.7 Å². The second-order valence-electron chi connectivity index (χ2n) is 5.10. The lowest BCUT2D eigenvalue weighted by atomic mass is 9.93. The molecule has 1 aliphatic carbocycles. The van der Waals surface area contributed by atoms with E-state index in [1.54, 1.807) is 0 Å². The Labute approximate surface area is 151 Å². The molecule has 5 heteroatoms. The van der Waals surface area contributed by atoms with Crippen molar-refractivity contribution in [1.29, 1.82) is 0 Å². The number of nitrogens with zero attached hydrogens (tertiary/aromatic N) is 1. The van der Waals surface area contributed by atoms with Crippen LogP contribution in [0.1, 0.15) is 42.5 Å². The lowest BCUT2D eigenvalue weighted by molar-refractivity contribution is 0.0650. The number of halogens is 3. The van der Waals surface area contributed by atoms with Gasteiger partial charge in [0, 0.05) is 26.0 Å². The summed E-state index contributed by atoms with van der Waals surface area (Å²) in [6, 6.07) is 6.32. The third kappa shape index (κ3) is 4.19. The van der Waals surface area contributed by atoms with Crippen LogP contribution in [0.25, 0.3) is 0 Å². The fourth-order valence-electron chi connectivity index (χ4n) is 2.75. The second kappa shape index (κ2) is 8.13. The van der Waals surface area contributed by atoms with Crippen molar-refractivity contribution in [1.82, 2.24) is 4.90 Å². The minimum absolute atomic E-state index is 0.169. The van der Waals surface area contributed by atoms with Gasteiger partial charge in [-0.3, -0.25) is 4.79 Å². The van der Waals surface area contributed by atoms with Gasteiger partial charge >= 0.3 is 0 Å². The molecule has 0 aromatic heterocycles. The van der Waals surface area contributed by atoms with E-state index < -0.39 is 0 Å². The van der Waals surface area contributed by atoms with Crippen molar-refractivity contribution < 1.29 is 4.79 Å². The maximum Gasteiger partial charge on any atom is 0.255 e. The third-order valence-electron chi connectivity index (χ3n) is 3.76. The molecule has 110 valence electrons. The zero-order chi connectivity index (χ0) is 14.5. The highest BCUT2D eigenvalue weighted by molar-refractivity contribution is 14.1. The lowest BCUT2D eigenvalue weighted by Gasteiger charge is -2.34. The van der Waals surface area contributed by atoms with Crippen molar-refractivity contribution in [2.24, 2.45) is 0 Å². The van der Waals surface area contributed by atoms with Gasteiger partial charge in [0.25, 0.3) is 5.91 Å². The number of alkyl halides is 1. The molecule has 0 atom stereocenters. The molecule has 1 fully saturated rings. The lowest BCUT2D eigenvalue weighted by Crippen LogP contribution is -2.42. The summed E-state index contributed by atoms with van der Waals surface area (Å²) in [7, 11) is 0. The molecule has 0 radical (unpaired) electrons. The van der Waals surface area contributed by atoms with Crippen LogP contribution in [0.3, 0.4) is 0 Å². The monoisotopic (exact) mass is 513 g/mol. The molecule has 1 aromatic rings. The summed E-state index contributed by atoms with van der Waals surface area (Å²) in [6.45, 7) is 0.784. The zero-order valence-electron chi connectivity index (χ0n) is 11.2. The average Bonchev–Trinajstić information content (AvgIpc) is 2.47. The van der Waals surface area contributed by atoms with E-state index in [2.05, 4.69) is 59.4 Å². The largest absolute Gasteiger partial charge is 0.335 e. The van der Waals surface area contributed by atoms with E-state index >= 15 is 0 Å². The van der Waals surface area contributed by atoms with Gasteiger partial charge in [-0.1, -0.05) is 51.1 Å². The van der Waals surface area contributed by atoms with Crippen LogP contribution in [0.5, 0.6) is 0 Å². The molecule has 1 aromatic carbocycles. The first-order valence-corrected chi connectivity index (χ1v) is 9.95. The van der Waals surface area contributed by atoms with Crippen molar-refractivity contribution in [2.75, 3.05) is 11.9 Å². The molecule has 1 aliphatic rings. The van der Waals surface area contributed by atoms with Gasteiger partial charge in [0.05, 0.1) is 5.56 Å². The quantitative estimate of drug-likeness (QED) is 0.398. The van der Waals surface area contributed by atoms with E-state index in [4.69, 9.17) is 0 Å². The minimum atomic E-state index is 0.169. The Morgan fingerprint density at radius 3 is 2.65 bits per heavy atom. The minimum Gasteiger partial charge on any atom is -0.335 e. The van der Waals surface area contributed by atoms with Gasteiger partial charge in [-0.15, -0.1) is 0 Å². The smallest absolute Gasteiger partial charge is 0.255 e. The van der Waals surface area contributed by atoms with Gasteiger partial charge < -0.3 is 4.90 Å². The number of hydrogen-bond donors (Lipinski definition) is 0. The Balaban J connectivity index is 2.23. The third-order valence-corrected chi connectivity index (χ3v) is 5.55. The van der Waals surface area contributed by atoms with Crippen LogP contribution >= 0.6 is 54.5 Å². The predicted octanol–water partition coefficient (Wildman–Crippen LogP) is 5.22. The van der Waals surface area contributed by atoms with Gasteiger partial charge in [0.1, 0.15) is 0 Å². The maximum atomic E-state index is 12.9. The first kappa shape index (κ1) is 16.7. The number of rotatable bonds is 4. The SMILES string of the molecule is O=C(c1cc(Br)ccc1I)N(CCBr)C1CCCCC1. The van der Waals surface area contributed by atoms with Crippen LogP contribution in [0.2, 0.25) is 0 Å². The van der Waals surface area contributed by atoms with E-state index in [1.165, 1.54) is 19.3 Å². The molecule has 0 aliphatic heterocycles. The van der Waals surface area contributed by atoms with Gasteiger partial charge in [0.15, 0.2) is 0 Å². The Morgan fingerprint density at radius 1 is 1.30 bits per heavy atom. The van der Waals surface area contributed by atoms with Crippen molar-refractivity contribution in [3.63, 3.8) is 0 Å². The van der Waals surface area contributed by atoms with Crippen LogP contribution < -0.4 is 0 Å². The van der Waals surface area contributed by atoms with Gasteiger partial charge in [0.2, 0.25) is 0 Å². The van der Waals surface area contributed by atoms with Gasteiger partial charge in [-0.25, -0.2) is 0 Å². The summed E-state index contributed by atoms with van der Waals surface area (Å²) in [5.74, 6) is 0.169. The Bertz CT molecular complexity index is 475. The molecule has 0 spiro atoms. The predicted molar refractivity (Wildman–Crippen MR) is 98.6 cm³/mol. The highest BCUT2D eigenvalue weighted by atomic mass is 127. The Morgan fingerprint density at radius 2 is 2.00 bits per heavy atom. The standard InChI is InChI=1S/C15H18Br2INO/c16-8-9-19(12-4-2-1-3-5-12)15(20)13-10-11(17)6-7-14(13)18/h6-7,10,12H,1-5,8-9H2. The molecule has 0 saturated heterocycles. The summed E-state index contributed by atoms with van der Waals surface area (Å²) >= 11 is 9.20. The molecule has 1 saturated carbocycles. The van der Waals surface area contributed by atoms with Crippen molar-refractivity contribution >= 4 is 60.4 Å². The molecule has 0 heterocycles. The fourth-order valence-corrected chi connectivity index (χ4v) is 4.06. The maximum absolute atomic E-state index is 12.9. The van der Waals surface area contributed by atoms with Crippen molar-refractivity contribution in [3.8, 4) is 0 Å². The van der Waals surface area contributed by atoms with E-state index in [0.717, 1.165) is 38.3 Å². The van der Waals surface area contributed by atoms with E-state index in [-0.39, 0.29) is 5.91 Å². The number of hydrogen-bond acceptors (Lipinski definition) is 1. The van der Waals surface area contributed by atoms with Gasteiger partial charge in [-0.2, -0.15) is 0 Å². The highest BCUT2D eigenvalue weighted by Gasteiger charge is 2.26. The van der Waals surface area contributed by atoms with Gasteiger partial charge in [-0.05, 0) is 53.6 Å². The average molecular weight is 515 g/mol. The molecule has 1 amide bonds. The summed E-state index contributed by atoms with van der Waals surface area (Å²) in [5, 5.41) is 0.833. The highest BCUT2D eigenvalue weighted by Crippen LogP contribution is 2.26. The van der Waals surface area contributed by atoms with Crippen molar-refractivity contribution in [3.05, 3.63) is 31.8 Å². The summed E-state index contributed by atoms with van der Waals surface area (Å²) in [4.78, 5) is 15.0. The van der Waals surface area contributed by atoms with Crippen LogP contribution in [-0.4, -0.2) is 28.7 Å². The van der Waals surface area contributed by atoms with E-state index in [0.29, 0.717) is 6.04 Å². The molecule has 0 unspecified atom stereocenters. The number of amides is 1. The zero-order valence-corrected chi connectivity index (χ0v) is 16.6. The van der Waals surface area contributed by atoms with Crippen molar-refractivity contribution in [2.45, 2.75) is 38.1 Å². The number of carbonyl (C=O) groups is 1.